The Morgan fingerprint density at radius 2 is 1.65 bits per heavy atom. The zero-order valence-corrected chi connectivity index (χ0v) is 16.7. The summed E-state index contributed by atoms with van der Waals surface area (Å²) in [4.78, 5) is 12.7. The molecule has 1 aliphatic heterocycles. The van der Waals surface area contributed by atoms with E-state index in [0.717, 1.165) is 11.4 Å². The van der Waals surface area contributed by atoms with Crippen LogP contribution in [0.4, 0.5) is 10.1 Å². The molecule has 1 atom stereocenters. The predicted octanol–water partition coefficient (Wildman–Crippen LogP) is 4.97. The third-order valence-corrected chi connectivity index (χ3v) is 5.13. The fourth-order valence-electron chi connectivity index (χ4n) is 3.66. The van der Waals surface area contributed by atoms with E-state index in [1.54, 1.807) is 22.9 Å². The summed E-state index contributed by atoms with van der Waals surface area (Å²) in [5.41, 5.74) is 3.49. The van der Waals surface area contributed by atoms with Crippen LogP contribution in [0.2, 0.25) is 0 Å². The number of nitrogens with zero attached hydrogens (tertiary/aromatic N) is 2. The molecule has 6 nitrogen and oxygen atoms in total. The SMILES string of the molecule is Cc1nn(-c2ccccc2)c(Oc2ccc(F)cc2)c1[C@@H]1NC(=O)c2ccccc2N1. The maximum Gasteiger partial charge on any atom is 0.255 e. The number of rotatable bonds is 4. The largest absolute Gasteiger partial charge is 0.438 e. The van der Waals surface area contributed by atoms with E-state index in [2.05, 4.69) is 15.7 Å². The summed E-state index contributed by atoms with van der Waals surface area (Å²) in [7, 11) is 0. The molecule has 0 radical (unpaired) electrons. The van der Waals surface area contributed by atoms with E-state index in [4.69, 9.17) is 4.74 Å². The van der Waals surface area contributed by atoms with Crippen molar-refractivity contribution in [2.24, 2.45) is 0 Å². The molecule has 2 heterocycles. The van der Waals surface area contributed by atoms with Crippen molar-refractivity contribution in [2.75, 3.05) is 5.32 Å². The zero-order valence-electron chi connectivity index (χ0n) is 16.7. The molecule has 0 unspecified atom stereocenters. The van der Waals surface area contributed by atoms with Crippen LogP contribution in [0.15, 0.2) is 78.9 Å². The van der Waals surface area contributed by atoms with Gasteiger partial charge in [-0.25, -0.2) is 9.07 Å². The highest BCUT2D eigenvalue weighted by Gasteiger charge is 2.31. The Bertz CT molecular complexity index is 1250. The van der Waals surface area contributed by atoms with Gasteiger partial charge in [0.05, 0.1) is 22.5 Å². The minimum atomic E-state index is -0.546. The molecular formula is C24H19FN4O2. The van der Waals surface area contributed by atoms with Crippen LogP contribution in [-0.2, 0) is 0 Å². The summed E-state index contributed by atoms with van der Waals surface area (Å²) >= 11 is 0. The van der Waals surface area contributed by atoms with Crippen LogP contribution in [-0.4, -0.2) is 15.7 Å². The quantitative estimate of drug-likeness (QED) is 0.495. The van der Waals surface area contributed by atoms with Gasteiger partial charge in [0.2, 0.25) is 5.88 Å². The van der Waals surface area contributed by atoms with E-state index >= 15 is 0 Å². The van der Waals surface area contributed by atoms with Gasteiger partial charge in [-0.1, -0.05) is 30.3 Å². The van der Waals surface area contributed by atoms with Gasteiger partial charge < -0.3 is 15.4 Å². The molecule has 0 aliphatic carbocycles. The van der Waals surface area contributed by atoms with Gasteiger partial charge in [-0.3, -0.25) is 4.79 Å². The van der Waals surface area contributed by atoms with E-state index < -0.39 is 6.17 Å². The molecule has 4 aromatic rings. The summed E-state index contributed by atoms with van der Waals surface area (Å²) < 4.78 is 21.3. The van der Waals surface area contributed by atoms with Crippen LogP contribution in [0.3, 0.4) is 0 Å². The maximum absolute atomic E-state index is 13.4. The number of halogens is 1. The lowest BCUT2D eigenvalue weighted by atomic mass is 10.1. The third-order valence-electron chi connectivity index (χ3n) is 5.13. The van der Waals surface area contributed by atoms with E-state index in [1.807, 2.05) is 55.5 Å². The Balaban J connectivity index is 1.62. The first-order valence-corrected chi connectivity index (χ1v) is 9.85. The van der Waals surface area contributed by atoms with E-state index in [0.29, 0.717) is 28.5 Å². The molecule has 5 rings (SSSR count). The summed E-state index contributed by atoms with van der Waals surface area (Å²) in [6.07, 6.45) is -0.546. The molecule has 1 amide bonds. The smallest absolute Gasteiger partial charge is 0.255 e. The van der Waals surface area contributed by atoms with Crippen LogP contribution in [0.5, 0.6) is 11.6 Å². The molecule has 0 saturated carbocycles. The highest BCUT2D eigenvalue weighted by molar-refractivity contribution is 6.01. The Morgan fingerprint density at radius 1 is 0.935 bits per heavy atom. The molecular weight excluding hydrogens is 395 g/mol. The van der Waals surface area contributed by atoms with Crippen LogP contribution in [0.25, 0.3) is 5.69 Å². The average Bonchev–Trinajstić information content (AvgIpc) is 3.11. The second-order valence-electron chi connectivity index (χ2n) is 7.20. The molecule has 1 aliphatic rings. The van der Waals surface area contributed by atoms with E-state index in [1.165, 1.54) is 12.1 Å². The van der Waals surface area contributed by atoms with E-state index in [-0.39, 0.29) is 11.7 Å². The lowest BCUT2D eigenvalue weighted by Crippen LogP contribution is -2.38. The lowest BCUT2D eigenvalue weighted by molar-refractivity contribution is 0.0935. The first-order valence-electron chi connectivity index (χ1n) is 9.85. The second-order valence-corrected chi connectivity index (χ2v) is 7.20. The topological polar surface area (TPSA) is 68.2 Å². The second kappa shape index (κ2) is 7.60. The number of ether oxygens (including phenoxy) is 1. The molecule has 2 N–H and O–H groups in total. The summed E-state index contributed by atoms with van der Waals surface area (Å²) in [6.45, 7) is 1.86. The maximum atomic E-state index is 13.4. The Morgan fingerprint density at radius 3 is 2.42 bits per heavy atom. The van der Waals surface area contributed by atoms with Gasteiger partial charge in [0, 0.05) is 5.69 Å². The first-order chi connectivity index (χ1) is 15.1. The number of hydrogen-bond acceptors (Lipinski definition) is 4. The number of aryl methyl sites for hydroxylation is 1. The minimum Gasteiger partial charge on any atom is -0.438 e. The van der Waals surface area contributed by atoms with Crippen molar-refractivity contribution in [3.63, 3.8) is 0 Å². The normalized spacial score (nSPS) is 15.0. The van der Waals surface area contributed by atoms with Crippen molar-refractivity contribution < 1.29 is 13.9 Å². The Labute approximate surface area is 178 Å². The number of amides is 1. The van der Waals surface area contributed by atoms with Crippen molar-refractivity contribution in [1.29, 1.82) is 0 Å². The standard InChI is InChI=1S/C24H19FN4O2/c1-15-21(22-26-20-10-6-5-9-19(20)23(30)27-22)24(31-18-13-11-16(25)12-14-18)29(28-15)17-7-3-2-4-8-17/h2-14,22,26H,1H3,(H,27,30)/t22-/m0/s1. The van der Waals surface area contributed by atoms with Gasteiger partial charge in [0.1, 0.15) is 17.7 Å². The summed E-state index contributed by atoms with van der Waals surface area (Å²) in [6, 6.07) is 22.7. The number of para-hydroxylation sites is 2. The molecule has 7 heteroatoms. The highest BCUT2D eigenvalue weighted by Crippen LogP contribution is 2.37. The molecule has 0 bridgehead atoms. The van der Waals surface area contributed by atoms with Gasteiger partial charge in [0.25, 0.3) is 5.91 Å². The fraction of sp³-hybridized carbons (Fsp3) is 0.0833. The number of nitrogens with one attached hydrogen (secondary N) is 2. The fourth-order valence-corrected chi connectivity index (χ4v) is 3.66. The number of fused-ring (bicyclic) bond motifs is 1. The molecule has 3 aromatic carbocycles. The molecule has 0 fully saturated rings. The summed E-state index contributed by atoms with van der Waals surface area (Å²) in [5.74, 6) is 0.367. The predicted molar refractivity (Wildman–Crippen MR) is 115 cm³/mol. The highest BCUT2D eigenvalue weighted by atomic mass is 19.1. The summed E-state index contributed by atoms with van der Waals surface area (Å²) in [5, 5.41) is 11.0. The molecule has 0 saturated heterocycles. The van der Waals surface area contributed by atoms with Crippen LogP contribution < -0.4 is 15.4 Å². The van der Waals surface area contributed by atoms with Crippen molar-refractivity contribution in [3.8, 4) is 17.3 Å². The minimum absolute atomic E-state index is 0.182. The first kappa shape index (κ1) is 18.9. The van der Waals surface area contributed by atoms with E-state index in [9.17, 15) is 9.18 Å². The van der Waals surface area contributed by atoms with Crippen LogP contribution in [0, 0.1) is 12.7 Å². The number of aromatic nitrogens is 2. The van der Waals surface area contributed by atoms with Crippen molar-refractivity contribution in [1.82, 2.24) is 15.1 Å². The van der Waals surface area contributed by atoms with Gasteiger partial charge in [-0.15, -0.1) is 0 Å². The number of benzene rings is 3. The van der Waals surface area contributed by atoms with Gasteiger partial charge in [-0.2, -0.15) is 5.10 Å². The molecule has 0 spiro atoms. The van der Waals surface area contributed by atoms with Crippen LogP contribution in [0.1, 0.15) is 27.8 Å². The molecule has 1 aromatic heterocycles. The number of carbonyl (C=O) groups is 1. The van der Waals surface area contributed by atoms with Crippen molar-refractivity contribution in [2.45, 2.75) is 13.1 Å². The van der Waals surface area contributed by atoms with Crippen LogP contribution >= 0.6 is 0 Å². The number of carbonyl (C=O) groups excluding carboxylic acids is 1. The monoisotopic (exact) mass is 414 g/mol. The third kappa shape index (κ3) is 3.50. The molecule has 154 valence electrons. The van der Waals surface area contributed by atoms with Gasteiger partial charge in [0.15, 0.2) is 0 Å². The van der Waals surface area contributed by atoms with Gasteiger partial charge >= 0.3 is 0 Å². The molecule has 31 heavy (non-hydrogen) atoms. The number of hydrogen-bond donors (Lipinski definition) is 2. The Kier molecular flexibility index (Phi) is 4.63. The van der Waals surface area contributed by atoms with Crippen molar-refractivity contribution in [3.05, 3.63) is 102 Å². The number of anilines is 1. The average molecular weight is 414 g/mol. The Hall–Kier alpha value is -4.13. The lowest BCUT2D eigenvalue weighted by Gasteiger charge is -2.28. The van der Waals surface area contributed by atoms with Crippen molar-refractivity contribution >= 4 is 11.6 Å². The van der Waals surface area contributed by atoms with Gasteiger partial charge in [-0.05, 0) is 55.5 Å². The zero-order chi connectivity index (χ0) is 21.4.